The van der Waals surface area contributed by atoms with Gasteiger partial charge in [-0.05, 0) is 36.8 Å². The maximum atomic E-state index is 12.4. The van der Waals surface area contributed by atoms with Gasteiger partial charge in [0.1, 0.15) is 0 Å². The highest BCUT2D eigenvalue weighted by atomic mass is 16.5. The number of nitrogens with one attached hydrogen (secondary N) is 1. The molecule has 0 radical (unpaired) electrons. The molecular weight excluding hydrogens is 318 g/mol. The number of carbonyl (C=O) groups excluding carboxylic acids is 1. The van der Waals surface area contributed by atoms with Crippen molar-refractivity contribution in [1.82, 2.24) is 9.55 Å². The normalized spacial score (nSPS) is 10.7. The molecule has 0 saturated carbocycles. The second-order valence-corrected chi connectivity index (χ2v) is 5.58. The highest BCUT2D eigenvalue weighted by molar-refractivity contribution is 5.93. The highest BCUT2D eigenvalue weighted by Crippen LogP contribution is 2.28. The van der Waals surface area contributed by atoms with Crippen molar-refractivity contribution in [2.75, 3.05) is 19.5 Å². The van der Waals surface area contributed by atoms with Gasteiger partial charge in [0.2, 0.25) is 11.9 Å². The van der Waals surface area contributed by atoms with E-state index in [9.17, 15) is 4.79 Å². The number of rotatable bonds is 6. The molecule has 25 heavy (non-hydrogen) atoms. The number of fused-ring (bicyclic) bond motifs is 1. The number of imidazole rings is 1. The number of carbonyl (C=O) groups is 1. The van der Waals surface area contributed by atoms with Gasteiger partial charge in [0.05, 0.1) is 31.7 Å². The van der Waals surface area contributed by atoms with Gasteiger partial charge in [-0.15, -0.1) is 0 Å². The summed E-state index contributed by atoms with van der Waals surface area (Å²) in [6.45, 7) is 2.75. The highest BCUT2D eigenvalue weighted by Gasteiger charge is 2.13. The fourth-order valence-electron chi connectivity index (χ4n) is 2.84. The number of benzene rings is 2. The maximum Gasteiger partial charge on any atom is 0.231 e. The molecule has 0 fully saturated rings. The monoisotopic (exact) mass is 339 g/mol. The van der Waals surface area contributed by atoms with E-state index in [1.54, 1.807) is 26.4 Å². The van der Waals surface area contributed by atoms with Crippen molar-refractivity contribution in [2.45, 2.75) is 19.9 Å². The minimum atomic E-state index is -0.128. The molecule has 1 N–H and O–H groups in total. The Morgan fingerprint density at radius 2 is 1.88 bits per heavy atom. The molecule has 0 spiro atoms. The van der Waals surface area contributed by atoms with Crippen LogP contribution in [0.5, 0.6) is 11.5 Å². The topological polar surface area (TPSA) is 65.4 Å². The number of para-hydroxylation sites is 2. The maximum absolute atomic E-state index is 12.4. The van der Waals surface area contributed by atoms with Crippen molar-refractivity contribution in [2.24, 2.45) is 0 Å². The standard InChI is InChI=1S/C19H21N3O3/c1-4-22-15-8-6-5-7-14(15)20-19(22)21-18(23)12-13-9-10-16(24-2)17(11-13)25-3/h5-11H,4,12H2,1-3H3,(H,20,21,23). The quantitative estimate of drug-likeness (QED) is 0.749. The molecular formula is C19H21N3O3. The Kier molecular flexibility index (Phi) is 4.88. The minimum Gasteiger partial charge on any atom is -0.493 e. The molecule has 130 valence electrons. The molecule has 3 rings (SSSR count). The van der Waals surface area contributed by atoms with Gasteiger partial charge in [-0.3, -0.25) is 10.1 Å². The zero-order chi connectivity index (χ0) is 17.8. The van der Waals surface area contributed by atoms with Crippen molar-refractivity contribution < 1.29 is 14.3 Å². The fourth-order valence-corrected chi connectivity index (χ4v) is 2.84. The Labute approximate surface area is 146 Å². The summed E-state index contributed by atoms with van der Waals surface area (Å²) < 4.78 is 12.5. The summed E-state index contributed by atoms with van der Waals surface area (Å²) in [5.41, 5.74) is 2.71. The second kappa shape index (κ2) is 7.25. The van der Waals surface area contributed by atoms with Gasteiger partial charge in [-0.2, -0.15) is 0 Å². The molecule has 0 aliphatic rings. The number of aryl methyl sites for hydroxylation is 1. The molecule has 3 aromatic rings. The van der Waals surface area contributed by atoms with Crippen LogP contribution in [-0.2, 0) is 17.8 Å². The first-order valence-corrected chi connectivity index (χ1v) is 8.12. The average Bonchev–Trinajstić information content (AvgIpc) is 2.98. The van der Waals surface area contributed by atoms with E-state index in [0.29, 0.717) is 17.4 Å². The Balaban J connectivity index is 1.79. The summed E-state index contributed by atoms with van der Waals surface area (Å²) in [6.07, 6.45) is 0.229. The number of methoxy groups -OCH3 is 2. The van der Waals surface area contributed by atoms with Crippen LogP contribution in [0, 0.1) is 0 Å². The molecule has 1 aromatic heterocycles. The number of hydrogen-bond acceptors (Lipinski definition) is 4. The third kappa shape index (κ3) is 3.42. The predicted molar refractivity (Wildman–Crippen MR) is 97.3 cm³/mol. The molecule has 0 atom stereocenters. The number of amides is 1. The van der Waals surface area contributed by atoms with Gasteiger partial charge < -0.3 is 14.0 Å². The van der Waals surface area contributed by atoms with Gasteiger partial charge in [-0.25, -0.2) is 4.98 Å². The van der Waals surface area contributed by atoms with Crippen molar-refractivity contribution in [1.29, 1.82) is 0 Å². The SMILES string of the molecule is CCn1c(NC(=O)Cc2ccc(OC)c(OC)c2)nc2ccccc21. The summed E-state index contributed by atoms with van der Waals surface area (Å²) in [7, 11) is 3.16. The molecule has 6 nitrogen and oxygen atoms in total. The zero-order valence-corrected chi connectivity index (χ0v) is 14.6. The van der Waals surface area contributed by atoms with Crippen LogP contribution in [0.1, 0.15) is 12.5 Å². The van der Waals surface area contributed by atoms with E-state index in [1.807, 2.05) is 41.8 Å². The average molecular weight is 339 g/mol. The Morgan fingerprint density at radius 3 is 2.60 bits per heavy atom. The van der Waals surface area contributed by atoms with Gasteiger partial charge in [0.15, 0.2) is 11.5 Å². The van der Waals surface area contributed by atoms with E-state index < -0.39 is 0 Å². The minimum absolute atomic E-state index is 0.128. The Hall–Kier alpha value is -3.02. The van der Waals surface area contributed by atoms with Crippen LogP contribution in [0.25, 0.3) is 11.0 Å². The summed E-state index contributed by atoms with van der Waals surface area (Å²) in [5, 5.41) is 2.91. The summed E-state index contributed by atoms with van der Waals surface area (Å²) in [6, 6.07) is 13.3. The van der Waals surface area contributed by atoms with Gasteiger partial charge in [-0.1, -0.05) is 18.2 Å². The van der Waals surface area contributed by atoms with Crippen molar-refractivity contribution in [3.8, 4) is 11.5 Å². The van der Waals surface area contributed by atoms with Crippen LogP contribution in [0.4, 0.5) is 5.95 Å². The van der Waals surface area contributed by atoms with Crippen molar-refractivity contribution in [3.05, 3.63) is 48.0 Å². The predicted octanol–water partition coefficient (Wildman–Crippen LogP) is 3.25. The van der Waals surface area contributed by atoms with E-state index >= 15 is 0 Å². The molecule has 1 heterocycles. The first-order chi connectivity index (χ1) is 12.2. The van der Waals surface area contributed by atoms with Crippen molar-refractivity contribution >= 4 is 22.9 Å². The van der Waals surface area contributed by atoms with Gasteiger partial charge in [0, 0.05) is 6.54 Å². The van der Waals surface area contributed by atoms with Crippen LogP contribution in [0.3, 0.4) is 0 Å². The number of ether oxygens (including phenoxy) is 2. The molecule has 1 amide bonds. The van der Waals surface area contributed by atoms with Crippen LogP contribution < -0.4 is 14.8 Å². The first kappa shape index (κ1) is 16.8. The lowest BCUT2D eigenvalue weighted by molar-refractivity contribution is -0.115. The van der Waals surface area contributed by atoms with Gasteiger partial charge in [0.25, 0.3) is 0 Å². The van der Waals surface area contributed by atoms with E-state index in [0.717, 1.165) is 23.1 Å². The van der Waals surface area contributed by atoms with Crippen LogP contribution in [0.15, 0.2) is 42.5 Å². The van der Waals surface area contributed by atoms with E-state index in [2.05, 4.69) is 10.3 Å². The summed E-state index contributed by atoms with van der Waals surface area (Å²) in [5.74, 6) is 1.68. The number of nitrogens with zero attached hydrogens (tertiary/aromatic N) is 2. The van der Waals surface area contributed by atoms with Crippen LogP contribution in [0.2, 0.25) is 0 Å². The van der Waals surface area contributed by atoms with Gasteiger partial charge >= 0.3 is 0 Å². The lowest BCUT2D eigenvalue weighted by atomic mass is 10.1. The fraction of sp³-hybridized carbons (Fsp3) is 0.263. The number of hydrogen-bond donors (Lipinski definition) is 1. The van der Waals surface area contributed by atoms with Crippen LogP contribution >= 0.6 is 0 Å². The van der Waals surface area contributed by atoms with E-state index in [4.69, 9.17) is 9.47 Å². The summed E-state index contributed by atoms with van der Waals surface area (Å²) in [4.78, 5) is 17.0. The number of aromatic nitrogens is 2. The molecule has 0 saturated heterocycles. The zero-order valence-electron chi connectivity index (χ0n) is 14.6. The summed E-state index contributed by atoms with van der Waals surface area (Å²) >= 11 is 0. The lowest BCUT2D eigenvalue weighted by Gasteiger charge is -2.10. The molecule has 0 aliphatic carbocycles. The first-order valence-electron chi connectivity index (χ1n) is 8.12. The third-order valence-electron chi connectivity index (χ3n) is 4.03. The molecule has 0 bridgehead atoms. The van der Waals surface area contributed by atoms with E-state index in [1.165, 1.54) is 0 Å². The van der Waals surface area contributed by atoms with E-state index in [-0.39, 0.29) is 12.3 Å². The van der Waals surface area contributed by atoms with Crippen molar-refractivity contribution in [3.63, 3.8) is 0 Å². The Bertz CT molecular complexity index is 902. The lowest BCUT2D eigenvalue weighted by Crippen LogP contribution is -2.17. The molecule has 0 aliphatic heterocycles. The smallest absolute Gasteiger partial charge is 0.231 e. The molecule has 0 unspecified atom stereocenters. The molecule has 6 heteroatoms. The second-order valence-electron chi connectivity index (χ2n) is 5.58. The Morgan fingerprint density at radius 1 is 1.12 bits per heavy atom. The number of anilines is 1. The third-order valence-corrected chi connectivity index (χ3v) is 4.03. The molecule has 2 aromatic carbocycles. The largest absolute Gasteiger partial charge is 0.493 e. The van der Waals surface area contributed by atoms with Crippen LogP contribution in [-0.4, -0.2) is 29.7 Å².